The fourth-order valence-electron chi connectivity index (χ4n) is 2.57. The number of aryl methyl sites for hydroxylation is 1. The molecule has 0 aliphatic heterocycles. The first kappa shape index (κ1) is 20.2. The summed E-state index contributed by atoms with van der Waals surface area (Å²) in [6.07, 6.45) is 0.944. The lowest BCUT2D eigenvalue weighted by Gasteiger charge is -2.15. The number of ether oxygens (including phenoxy) is 1. The molecule has 0 radical (unpaired) electrons. The highest BCUT2D eigenvalue weighted by Gasteiger charge is 2.12. The van der Waals surface area contributed by atoms with Gasteiger partial charge in [-0.3, -0.25) is 15.1 Å². The lowest BCUT2D eigenvalue weighted by Crippen LogP contribution is -2.36. The van der Waals surface area contributed by atoms with Crippen LogP contribution in [-0.4, -0.2) is 24.5 Å². The van der Waals surface area contributed by atoms with Gasteiger partial charge in [0.15, 0.2) is 5.96 Å². The van der Waals surface area contributed by atoms with Gasteiger partial charge < -0.3 is 15.4 Å². The summed E-state index contributed by atoms with van der Waals surface area (Å²) in [6, 6.07) is 12.8. The first-order chi connectivity index (χ1) is 13.0. The van der Waals surface area contributed by atoms with Crippen LogP contribution < -0.4 is 15.4 Å². The highest BCUT2D eigenvalue weighted by atomic mass is 16.6. The van der Waals surface area contributed by atoms with Crippen molar-refractivity contribution in [3.05, 3.63) is 69.3 Å². The van der Waals surface area contributed by atoms with Crippen LogP contribution in [0, 0.1) is 17.0 Å². The number of nitro benzene ring substituents is 1. The van der Waals surface area contributed by atoms with Crippen molar-refractivity contribution in [2.45, 2.75) is 33.4 Å². The Morgan fingerprint density at radius 2 is 1.85 bits per heavy atom. The zero-order valence-electron chi connectivity index (χ0n) is 16.0. The van der Waals surface area contributed by atoms with Crippen molar-refractivity contribution in [3.63, 3.8) is 0 Å². The standard InChI is InChI=1S/C20H26N4O3/c1-4-11-27-19-12-15(2)9-10-17(19)14-23-20(21-3)22-13-16-7-5-6-8-18(16)24(25)26/h5-10,12H,4,11,13-14H2,1-3H3,(H2,21,22,23). The van der Waals surface area contributed by atoms with Gasteiger partial charge in [-0.2, -0.15) is 0 Å². The summed E-state index contributed by atoms with van der Waals surface area (Å²) in [4.78, 5) is 14.9. The molecule has 144 valence electrons. The Morgan fingerprint density at radius 3 is 2.52 bits per heavy atom. The Labute approximate surface area is 159 Å². The third kappa shape index (κ3) is 5.99. The molecule has 7 heteroatoms. The number of hydrogen-bond donors (Lipinski definition) is 2. The minimum atomic E-state index is -0.378. The topological polar surface area (TPSA) is 88.8 Å². The molecule has 27 heavy (non-hydrogen) atoms. The van der Waals surface area contributed by atoms with Crippen LogP contribution in [0.15, 0.2) is 47.5 Å². The summed E-state index contributed by atoms with van der Waals surface area (Å²) >= 11 is 0. The van der Waals surface area contributed by atoms with Gasteiger partial charge in [0, 0.05) is 37.3 Å². The molecule has 2 aromatic rings. The van der Waals surface area contributed by atoms with Crippen LogP contribution in [0.1, 0.15) is 30.0 Å². The zero-order valence-corrected chi connectivity index (χ0v) is 16.0. The van der Waals surface area contributed by atoms with E-state index in [-0.39, 0.29) is 10.6 Å². The summed E-state index contributed by atoms with van der Waals surface area (Å²) in [7, 11) is 1.67. The van der Waals surface area contributed by atoms with Crippen LogP contribution >= 0.6 is 0 Å². The van der Waals surface area contributed by atoms with Crippen molar-refractivity contribution >= 4 is 11.6 Å². The smallest absolute Gasteiger partial charge is 0.274 e. The quantitative estimate of drug-likeness (QED) is 0.321. The Balaban J connectivity index is 2.00. The number of hydrogen-bond acceptors (Lipinski definition) is 4. The fraction of sp³-hybridized carbons (Fsp3) is 0.350. The van der Waals surface area contributed by atoms with E-state index in [1.807, 2.05) is 25.1 Å². The first-order valence-electron chi connectivity index (χ1n) is 8.94. The molecule has 0 amide bonds. The fourth-order valence-corrected chi connectivity index (χ4v) is 2.57. The number of nitrogens with zero attached hydrogens (tertiary/aromatic N) is 2. The normalized spacial score (nSPS) is 11.1. The second-order valence-corrected chi connectivity index (χ2v) is 6.12. The molecule has 0 aliphatic carbocycles. The molecule has 0 saturated carbocycles. The molecule has 0 atom stereocenters. The lowest BCUT2D eigenvalue weighted by atomic mass is 10.1. The zero-order chi connectivity index (χ0) is 19.6. The first-order valence-corrected chi connectivity index (χ1v) is 8.94. The van der Waals surface area contributed by atoms with E-state index in [0.29, 0.717) is 31.2 Å². The average molecular weight is 370 g/mol. The molecule has 0 heterocycles. The van der Waals surface area contributed by atoms with Crippen molar-refractivity contribution in [3.8, 4) is 5.75 Å². The SMILES string of the molecule is CCCOc1cc(C)ccc1CNC(=NC)NCc1ccccc1[N+](=O)[O-]. The van der Waals surface area contributed by atoms with E-state index < -0.39 is 0 Å². The molecular weight excluding hydrogens is 344 g/mol. The Morgan fingerprint density at radius 1 is 1.15 bits per heavy atom. The van der Waals surface area contributed by atoms with E-state index >= 15 is 0 Å². The number of aliphatic imine (C=N–C) groups is 1. The Kier molecular flexibility index (Phi) is 7.61. The van der Waals surface area contributed by atoms with E-state index in [4.69, 9.17) is 4.74 Å². The summed E-state index contributed by atoms with van der Waals surface area (Å²) in [6.45, 7) is 5.62. The van der Waals surface area contributed by atoms with Crippen molar-refractivity contribution in [1.29, 1.82) is 0 Å². The number of rotatable bonds is 8. The van der Waals surface area contributed by atoms with Crippen LogP contribution in [-0.2, 0) is 13.1 Å². The largest absolute Gasteiger partial charge is 0.493 e. The maximum absolute atomic E-state index is 11.1. The summed E-state index contributed by atoms with van der Waals surface area (Å²) < 4.78 is 5.83. The predicted octanol–water partition coefficient (Wildman–Crippen LogP) is 3.56. The van der Waals surface area contributed by atoms with Gasteiger partial charge in [0.1, 0.15) is 5.75 Å². The summed E-state index contributed by atoms with van der Waals surface area (Å²) in [5.41, 5.74) is 2.87. The molecule has 0 bridgehead atoms. The number of benzene rings is 2. The van der Waals surface area contributed by atoms with E-state index in [1.165, 1.54) is 6.07 Å². The molecule has 0 fully saturated rings. The van der Waals surface area contributed by atoms with Crippen molar-refractivity contribution in [2.75, 3.05) is 13.7 Å². The molecule has 0 aliphatic rings. The van der Waals surface area contributed by atoms with E-state index in [0.717, 1.165) is 23.3 Å². The molecule has 0 saturated heterocycles. The van der Waals surface area contributed by atoms with Crippen LogP contribution in [0.25, 0.3) is 0 Å². The molecule has 0 unspecified atom stereocenters. The molecule has 2 N–H and O–H groups in total. The molecule has 7 nitrogen and oxygen atoms in total. The second-order valence-electron chi connectivity index (χ2n) is 6.12. The van der Waals surface area contributed by atoms with Gasteiger partial charge in [-0.1, -0.05) is 37.3 Å². The van der Waals surface area contributed by atoms with Gasteiger partial charge in [-0.15, -0.1) is 0 Å². The Hall–Kier alpha value is -3.09. The van der Waals surface area contributed by atoms with E-state index in [2.05, 4.69) is 22.5 Å². The molecule has 2 aromatic carbocycles. The third-order valence-electron chi connectivity index (χ3n) is 3.99. The molecule has 0 aromatic heterocycles. The van der Waals surface area contributed by atoms with E-state index in [9.17, 15) is 10.1 Å². The number of guanidine groups is 1. The van der Waals surface area contributed by atoms with E-state index in [1.54, 1.807) is 25.2 Å². The maximum Gasteiger partial charge on any atom is 0.274 e. The van der Waals surface area contributed by atoms with Gasteiger partial charge in [-0.25, -0.2) is 0 Å². The Bertz CT molecular complexity index is 806. The van der Waals surface area contributed by atoms with Gasteiger partial charge in [0.25, 0.3) is 5.69 Å². The van der Waals surface area contributed by atoms with Crippen molar-refractivity contribution in [1.82, 2.24) is 10.6 Å². The minimum absolute atomic E-state index is 0.0919. The maximum atomic E-state index is 11.1. The van der Waals surface area contributed by atoms with Crippen molar-refractivity contribution in [2.24, 2.45) is 4.99 Å². The minimum Gasteiger partial charge on any atom is -0.493 e. The average Bonchev–Trinajstić information content (AvgIpc) is 2.67. The second kappa shape index (κ2) is 10.2. The van der Waals surface area contributed by atoms with Crippen LogP contribution in [0.3, 0.4) is 0 Å². The van der Waals surface area contributed by atoms with Gasteiger partial charge in [0.2, 0.25) is 0 Å². The number of para-hydroxylation sites is 1. The summed E-state index contributed by atoms with van der Waals surface area (Å²) in [5.74, 6) is 1.42. The number of nitro groups is 1. The molecule has 2 rings (SSSR count). The van der Waals surface area contributed by atoms with Gasteiger partial charge in [0.05, 0.1) is 11.5 Å². The predicted molar refractivity (Wildman–Crippen MR) is 107 cm³/mol. The molecular formula is C20H26N4O3. The highest BCUT2D eigenvalue weighted by molar-refractivity contribution is 5.79. The van der Waals surface area contributed by atoms with Gasteiger partial charge >= 0.3 is 0 Å². The van der Waals surface area contributed by atoms with Crippen LogP contribution in [0.2, 0.25) is 0 Å². The lowest BCUT2D eigenvalue weighted by molar-refractivity contribution is -0.385. The van der Waals surface area contributed by atoms with Gasteiger partial charge in [-0.05, 0) is 25.0 Å². The van der Waals surface area contributed by atoms with Crippen molar-refractivity contribution < 1.29 is 9.66 Å². The highest BCUT2D eigenvalue weighted by Crippen LogP contribution is 2.21. The monoisotopic (exact) mass is 370 g/mol. The number of nitrogens with one attached hydrogen (secondary N) is 2. The summed E-state index contributed by atoms with van der Waals surface area (Å²) in [5, 5.41) is 17.5. The molecule has 0 spiro atoms. The third-order valence-corrected chi connectivity index (χ3v) is 3.99. The van der Waals surface area contributed by atoms with Crippen LogP contribution in [0.4, 0.5) is 5.69 Å². The van der Waals surface area contributed by atoms with Crippen LogP contribution in [0.5, 0.6) is 5.75 Å².